The summed E-state index contributed by atoms with van der Waals surface area (Å²) < 4.78 is 5.66. The van der Waals surface area contributed by atoms with Crippen LogP contribution in [0, 0.1) is 5.92 Å². The summed E-state index contributed by atoms with van der Waals surface area (Å²) in [7, 11) is 0. The Kier molecular flexibility index (Phi) is 4.62. The van der Waals surface area contributed by atoms with Gasteiger partial charge in [-0.15, -0.1) is 6.58 Å². The van der Waals surface area contributed by atoms with Gasteiger partial charge in [0.1, 0.15) is 18.1 Å². The molecule has 0 aliphatic heterocycles. The summed E-state index contributed by atoms with van der Waals surface area (Å²) in [4.78, 5) is 23.8. The van der Waals surface area contributed by atoms with Gasteiger partial charge < -0.3 is 14.4 Å². The van der Waals surface area contributed by atoms with E-state index < -0.39 is 5.97 Å². The highest BCUT2D eigenvalue weighted by molar-refractivity contribution is 5.93. The summed E-state index contributed by atoms with van der Waals surface area (Å²) in [6.45, 7) is 5.53. The molecule has 2 rings (SSSR count). The largest absolute Gasteiger partial charge is 0.480 e. The number of carboxylic acid groups (broad SMARTS) is 1. The van der Waals surface area contributed by atoms with Crippen LogP contribution >= 0.6 is 0 Å². The lowest BCUT2D eigenvalue weighted by Gasteiger charge is -2.16. The van der Waals surface area contributed by atoms with Crippen molar-refractivity contribution in [3.8, 4) is 0 Å². The van der Waals surface area contributed by atoms with Gasteiger partial charge in [-0.2, -0.15) is 0 Å². The fraction of sp³-hybridized carbons (Fsp3) is 0.375. The molecule has 1 amide bonds. The molecule has 0 aromatic carbocycles. The number of carbonyl (C=O) groups excluding carboxylic acids is 1. The molecule has 112 valence electrons. The molecule has 1 fully saturated rings. The highest BCUT2D eigenvalue weighted by Gasteiger charge is 2.36. The van der Waals surface area contributed by atoms with E-state index in [2.05, 4.69) is 13.5 Å². The smallest absolute Gasteiger partial charge is 0.323 e. The van der Waals surface area contributed by atoms with Gasteiger partial charge in [-0.3, -0.25) is 9.59 Å². The van der Waals surface area contributed by atoms with E-state index >= 15 is 0 Å². The van der Waals surface area contributed by atoms with Crippen LogP contribution in [0.3, 0.4) is 0 Å². The molecular weight excluding hydrogens is 270 g/mol. The quantitative estimate of drug-likeness (QED) is 0.618. The topological polar surface area (TPSA) is 70.8 Å². The first kappa shape index (κ1) is 15.1. The standard InChI is InChI=1S/C16H19NO4/c1-3-8-17(10-16(19)20)15(18)7-5-12-4-6-14(21-12)13-9-11(13)2/h3-7,11,13H,1,8-10H2,2H3,(H,19,20). The molecule has 0 bridgehead atoms. The minimum Gasteiger partial charge on any atom is -0.480 e. The van der Waals surface area contributed by atoms with Gasteiger partial charge in [-0.25, -0.2) is 0 Å². The Labute approximate surface area is 123 Å². The molecule has 0 radical (unpaired) electrons. The average Bonchev–Trinajstić information content (AvgIpc) is 2.98. The third-order valence-corrected chi connectivity index (χ3v) is 3.50. The van der Waals surface area contributed by atoms with Gasteiger partial charge in [0.15, 0.2) is 0 Å². The maximum atomic E-state index is 11.9. The van der Waals surface area contributed by atoms with E-state index in [0.717, 1.165) is 12.2 Å². The van der Waals surface area contributed by atoms with Crippen LogP contribution in [0.15, 0.2) is 35.3 Å². The minimum atomic E-state index is -1.05. The van der Waals surface area contributed by atoms with Crippen molar-refractivity contribution in [3.63, 3.8) is 0 Å². The van der Waals surface area contributed by atoms with Gasteiger partial charge in [0.25, 0.3) is 0 Å². The van der Waals surface area contributed by atoms with Crippen molar-refractivity contribution in [1.82, 2.24) is 4.90 Å². The Morgan fingerprint density at radius 1 is 1.52 bits per heavy atom. The number of amides is 1. The molecule has 21 heavy (non-hydrogen) atoms. The number of hydrogen-bond donors (Lipinski definition) is 1. The van der Waals surface area contributed by atoms with E-state index in [1.165, 1.54) is 17.1 Å². The van der Waals surface area contributed by atoms with Crippen LogP contribution in [0.4, 0.5) is 0 Å². The predicted octanol–water partition coefficient (Wildman–Crippen LogP) is 2.52. The van der Waals surface area contributed by atoms with Gasteiger partial charge in [0.05, 0.1) is 0 Å². The third kappa shape index (κ3) is 4.08. The van der Waals surface area contributed by atoms with Crippen LogP contribution in [0.5, 0.6) is 0 Å². The Bertz CT molecular complexity index is 573. The maximum Gasteiger partial charge on any atom is 0.323 e. The van der Waals surface area contributed by atoms with Crippen LogP contribution in [-0.4, -0.2) is 35.0 Å². The lowest BCUT2D eigenvalue weighted by molar-refractivity contribution is -0.142. The highest BCUT2D eigenvalue weighted by Crippen LogP contribution is 2.47. The molecule has 5 nitrogen and oxygen atoms in total. The van der Waals surface area contributed by atoms with Gasteiger partial charge in [0, 0.05) is 18.5 Å². The number of carbonyl (C=O) groups is 2. The van der Waals surface area contributed by atoms with E-state index in [4.69, 9.17) is 9.52 Å². The van der Waals surface area contributed by atoms with Crippen LogP contribution in [-0.2, 0) is 9.59 Å². The fourth-order valence-corrected chi connectivity index (χ4v) is 2.19. The Morgan fingerprint density at radius 3 is 2.81 bits per heavy atom. The molecule has 1 aromatic heterocycles. The van der Waals surface area contributed by atoms with Crippen molar-refractivity contribution in [2.45, 2.75) is 19.3 Å². The van der Waals surface area contributed by atoms with Gasteiger partial charge in [0.2, 0.25) is 5.91 Å². The maximum absolute atomic E-state index is 11.9. The fourth-order valence-electron chi connectivity index (χ4n) is 2.19. The molecular formula is C16H19NO4. The molecule has 0 spiro atoms. The van der Waals surface area contributed by atoms with Crippen molar-refractivity contribution in [2.75, 3.05) is 13.1 Å². The number of carboxylic acids is 1. The van der Waals surface area contributed by atoms with Gasteiger partial charge in [-0.1, -0.05) is 13.0 Å². The summed E-state index contributed by atoms with van der Waals surface area (Å²) in [6, 6.07) is 3.75. The van der Waals surface area contributed by atoms with E-state index in [-0.39, 0.29) is 19.0 Å². The molecule has 1 heterocycles. The van der Waals surface area contributed by atoms with E-state index in [9.17, 15) is 9.59 Å². The van der Waals surface area contributed by atoms with E-state index in [0.29, 0.717) is 17.6 Å². The van der Waals surface area contributed by atoms with E-state index in [1.807, 2.05) is 12.1 Å². The Morgan fingerprint density at radius 2 is 2.24 bits per heavy atom. The number of furan rings is 1. The summed E-state index contributed by atoms with van der Waals surface area (Å²) in [5, 5.41) is 8.77. The Balaban J connectivity index is 1.97. The van der Waals surface area contributed by atoms with Crippen molar-refractivity contribution in [1.29, 1.82) is 0 Å². The molecule has 0 saturated heterocycles. The predicted molar refractivity (Wildman–Crippen MR) is 78.7 cm³/mol. The molecule has 1 aromatic rings. The normalized spacial score (nSPS) is 20.4. The third-order valence-electron chi connectivity index (χ3n) is 3.50. The lowest BCUT2D eigenvalue weighted by Crippen LogP contribution is -2.34. The zero-order chi connectivity index (χ0) is 15.4. The second-order valence-corrected chi connectivity index (χ2v) is 5.29. The minimum absolute atomic E-state index is 0.193. The van der Waals surface area contributed by atoms with E-state index in [1.54, 1.807) is 6.08 Å². The second-order valence-electron chi connectivity index (χ2n) is 5.29. The average molecular weight is 289 g/mol. The van der Waals surface area contributed by atoms with Crippen LogP contribution in [0.2, 0.25) is 0 Å². The number of nitrogens with zero attached hydrogens (tertiary/aromatic N) is 1. The summed E-state index contributed by atoms with van der Waals surface area (Å²) >= 11 is 0. The molecule has 2 atom stereocenters. The number of aliphatic carboxylic acids is 1. The van der Waals surface area contributed by atoms with Crippen LogP contribution in [0.1, 0.15) is 30.8 Å². The lowest BCUT2D eigenvalue weighted by atomic mass is 10.3. The SMILES string of the molecule is C=CCN(CC(=O)O)C(=O)C=Cc1ccc(C2CC2C)o1. The first-order valence-electron chi connectivity index (χ1n) is 6.90. The number of hydrogen-bond acceptors (Lipinski definition) is 3. The first-order valence-corrected chi connectivity index (χ1v) is 6.90. The van der Waals surface area contributed by atoms with Crippen LogP contribution < -0.4 is 0 Å². The zero-order valence-corrected chi connectivity index (χ0v) is 12.0. The van der Waals surface area contributed by atoms with Crippen LogP contribution in [0.25, 0.3) is 6.08 Å². The van der Waals surface area contributed by atoms with Gasteiger partial charge >= 0.3 is 5.97 Å². The summed E-state index contributed by atoms with van der Waals surface area (Å²) in [5.74, 6) is 1.27. The van der Waals surface area contributed by atoms with Gasteiger partial charge in [-0.05, 0) is 30.5 Å². The molecule has 5 heteroatoms. The monoisotopic (exact) mass is 289 g/mol. The summed E-state index contributed by atoms with van der Waals surface area (Å²) in [5.41, 5.74) is 0. The molecule has 2 unspecified atom stereocenters. The summed E-state index contributed by atoms with van der Waals surface area (Å²) in [6.07, 6.45) is 5.53. The number of rotatable bonds is 7. The van der Waals surface area contributed by atoms with Crippen molar-refractivity contribution >= 4 is 18.0 Å². The molecule has 1 N–H and O–H groups in total. The van der Waals surface area contributed by atoms with Crippen molar-refractivity contribution in [2.24, 2.45) is 5.92 Å². The highest BCUT2D eigenvalue weighted by atomic mass is 16.4. The molecule has 1 aliphatic carbocycles. The Hall–Kier alpha value is -2.30. The molecule has 1 aliphatic rings. The zero-order valence-electron chi connectivity index (χ0n) is 12.0. The van der Waals surface area contributed by atoms with Crippen molar-refractivity contribution in [3.05, 3.63) is 42.4 Å². The first-order chi connectivity index (χ1) is 10.0. The molecule has 1 saturated carbocycles. The van der Waals surface area contributed by atoms with Crippen molar-refractivity contribution < 1.29 is 19.1 Å². The second kappa shape index (κ2) is 6.43.